The number of carbonyl (C=O) groups excluding carboxylic acids is 1. The number of hydrogen-bond donors (Lipinski definition) is 1. The second-order valence-electron chi connectivity index (χ2n) is 0.991. The van der Waals surface area contributed by atoms with Crippen molar-refractivity contribution in [1.29, 1.82) is 0 Å². The molecule has 0 rings (SSSR count). The third-order valence-electron chi connectivity index (χ3n) is 0.390. The zero-order valence-corrected chi connectivity index (χ0v) is 4.40. The van der Waals surface area contributed by atoms with Gasteiger partial charge >= 0.3 is 0 Å². The van der Waals surface area contributed by atoms with Gasteiger partial charge in [0.1, 0.15) is 6.29 Å². The highest BCUT2D eigenvalue weighted by Crippen LogP contribution is 1.85. The molecule has 0 atom stereocenters. The topological polar surface area (TPSA) is 17.1 Å². The minimum atomic E-state index is 0.651. The van der Waals surface area contributed by atoms with Gasteiger partial charge in [-0.25, -0.2) is 0 Å². The highest BCUT2D eigenvalue weighted by atomic mass is 32.1. The lowest BCUT2D eigenvalue weighted by Gasteiger charge is -1.72. The summed E-state index contributed by atoms with van der Waals surface area (Å²) in [6.07, 6.45) is 0.757. The van der Waals surface area contributed by atoms with Crippen molar-refractivity contribution in [2.24, 2.45) is 0 Å². The Morgan fingerprint density at radius 3 is 2.33 bits per heavy atom. The van der Waals surface area contributed by atoms with E-state index in [1.54, 1.807) is 6.92 Å². The second-order valence-corrected chi connectivity index (χ2v) is 1.25. The summed E-state index contributed by atoms with van der Waals surface area (Å²) in [4.78, 5) is 9.62. The molecule has 0 aromatic rings. The molecule has 0 aliphatic rings. The molecule has 0 bridgehead atoms. The van der Waals surface area contributed by atoms with Gasteiger partial charge in [0, 0.05) is 0 Å². The first-order valence-corrected chi connectivity index (χ1v) is 2.09. The van der Waals surface area contributed by atoms with E-state index in [2.05, 4.69) is 12.6 Å². The molecule has 0 aromatic heterocycles. The number of aldehydes is 1. The van der Waals surface area contributed by atoms with Gasteiger partial charge in [-0.2, -0.15) is 12.6 Å². The Morgan fingerprint density at radius 2 is 2.33 bits per heavy atom. The summed E-state index contributed by atoms with van der Waals surface area (Å²) in [6, 6.07) is 0. The summed E-state index contributed by atoms with van der Waals surface area (Å²) in [7, 11) is 0. The van der Waals surface area contributed by atoms with Crippen LogP contribution in [0.1, 0.15) is 6.92 Å². The highest BCUT2D eigenvalue weighted by Gasteiger charge is 1.73. The third kappa shape index (κ3) is 2.03. The number of hydrogen-bond acceptors (Lipinski definition) is 2. The van der Waals surface area contributed by atoms with Crippen molar-refractivity contribution >= 4 is 18.9 Å². The summed E-state index contributed by atoms with van der Waals surface area (Å²) in [5.41, 5.74) is 0.651. The maximum atomic E-state index is 9.62. The van der Waals surface area contributed by atoms with Gasteiger partial charge in [0.15, 0.2) is 0 Å². The number of rotatable bonds is 1. The fourth-order valence-electron chi connectivity index (χ4n) is 0.0304. The molecule has 0 radical (unpaired) electrons. The van der Waals surface area contributed by atoms with E-state index in [1.807, 2.05) is 0 Å². The van der Waals surface area contributed by atoms with Crippen molar-refractivity contribution in [1.82, 2.24) is 0 Å². The quantitative estimate of drug-likeness (QED) is 0.297. The number of thiol groups is 1. The molecule has 34 valence electrons. The molecule has 0 saturated heterocycles. The van der Waals surface area contributed by atoms with E-state index in [4.69, 9.17) is 0 Å². The number of carbonyl (C=O) groups is 1. The van der Waals surface area contributed by atoms with Gasteiger partial charge in [0.05, 0.1) is 0 Å². The molecule has 0 aromatic carbocycles. The van der Waals surface area contributed by atoms with Crippen molar-refractivity contribution in [2.75, 3.05) is 0 Å². The maximum Gasteiger partial charge on any atom is 0.146 e. The monoisotopic (exact) mass is 102 g/mol. The van der Waals surface area contributed by atoms with Crippen LogP contribution < -0.4 is 0 Å². The van der Waals surface area contributed by atoms with E-state index in [1.165, 1.54) is 5.41 Å². The van der Waals surface area contributed by atoms with Gasteiger partial charge in [-0.3, -0.25) is 4.79 Å². The van der Waals surface area contributed by atoms with Crippen LogP contribution in [-0.2, 0) is 4.79 Å². The van der Waals surface area contributed by atoms with Crippen LogP contribution >= 0.6 is 12.6 Å². The van der Waals surface area contributed by atoms with Gasteiger partial charge in [-0.05, 0) is 17.9 Å². The first kappa shape index (κ1) is 5.76. The molecule has 0 fully saturated rings. The van der Waals surface area contributed by atoms with Crippen LogP contribution in [0, 0.1) is 0 Å². The smallest absolute Gasteiger partial charge is 0.146 e. The van der Waals surface area contributed by atoms with Crippen LogP contribution in [0.3, 0.4) is 0 Å². The second kappa shape index (κ2) is 2.97. The zero-order chi connectivity index (χ0) is 4.99. The summed E-state index contributed by atoms with van der Waals surface area (Å²) in [5.74, 6) is 0. The Bertz CT molecular complexity index is 75.6. The standard InChI is InChI=1S/C4H6OS/c1-4(2-5)3-6/h2-3,6H,1H3/b4-3+. The molecule has 0 saturated carbocycles. The molecular formula is C4H6OS. The number of allylic oxidation sites excluding steroid dienone is 1. The van der Waals surface area contributed by atoms with E-state index in [-0.39, 0.29) is 0 Å². The Balaban J connectivity index is 3.50. The van der Waals surface area contributed by atoms with Crippen molar-refractivity contribution in [2.45, 2.75) is 6.92 Å². The average molecular weight is 102 g/mol. The van der Waals surface area contributed by atoms with E-state index < -0.39 is 0 Å². The van der Waals surface area contributed by atoms with Crippen molar-refractivity contribution in [3.05, 3.63) is 11.0 Å². The van der Waals surface area contributed by atoms with Crippen molar-refractivity contribution < 1.29 is 4.79 Å². The Hall–Kier alpha value is -0.240. The average Bonchev–Trinajstić information content (AvgIpc) is 1.65. The molecule has 2 heteroatoms. The maximum absolute atomic E-state index is 9.62. The van der Waals surface area contributed by atoms with Crippen LogP contribution in [0.15, 0.2) is 11.0 Å². The minimum absolute atomic E-state index is 0.651. The highest BCUT2D eigenvalue weighted by molar-refractivity contribution is 7.83. The lowest BCUT2D eigenvalue weighted by molar-refractivity contribution is -0.104. The fourth-order valence-corrected chi connectivity index (χ4v) is 0.0913. The third-order valence-corrected chi connectivity index (χ3v) is 0.797. The molecule has 0 aliphatic carbocycles. The molecule has 0 aliphatic heterocycles. The molecule has 0 unspecified atom stereocenters. The summed E-state index contributed by atoms with van der Waals surface area (Å²) in [6.45, 7) is 1.69. The van der Waals surface area contributed by atoms with Gasteiger partial charge in [-0.1, -0.05) is 0 Å². The normalized spacial score (nSPS) is 11.3. The summed E-state index contributed by atoms with van der Waals surface area (Å²) in [5, 5.41) is 1.47. The fraction of sp³-hybridized carbons (Fsp3) is 0.250. The predicted octanol–water partition coefficient (Wildman–Crippen LogP) is 1.02. The molecule has 0 heterocycles. The first-order valence-electron chi connectivity index (χ1n) is 1.57. The largest absolute Gasteiger partial charge is 0.298 e. The molecule has 0 amide bonds. The van der Waals surface area contributed by atoms with Gasteiger partial charge in [0.2, 0.25) is 0 Å². The lowest BCUT2D eigenvalue weighted by Crippen LogP contribution is -1.68. The molecule has 6 heavy (non-hydrogen) atoms. The molecule has 1 nitrogen and oxygen atoms in total. The minimum Gasteiger partial charge on any atom is -0.298 e. The van der Waals surface area contributed by atoms with Gasteiger partial charge in [0.25, 0.3) is 0 Å². The van der Waals surface area contributed by atoms with Crippen molar-refractivity contribution in [3.63, 3.8) is 0 Å². The Labute approximate surface area is 42.5 Å². The SMILES string of the molecule is C/C(C=O)=C\S. The van der Waals surface area contributed by atoms with Crippen molar-refractivity contribution in [3.8, 4) is 0 Å². The van der Waals surface area contributed by atoms with Gasteiger partial charge in [-0.15, -0.1) is 0 Å². The van der Waals surface area contributed by atoms with Crippen LogP contribution in [0.25, 0.3) is 0 Å². The summed E-state index contributed by atoms with van der Waals surface area (Å²) < 4.78 is 0. The van der Waals surface area contributed by atoms with Crippen LogP contribution in [0.2, 0.25) is 0 Å². The van der Waals surface area contributed by atoms with E-state index >= 15 is 0 Å². The van der Waals surface area contributed by atoms with Gasteiger partial charge < -0.3 is 0 Å². The van der Waals surface area contributed by atoms with E-state index in [0.717, 1.165) is 6.29 Å². The lowest BCUT2D eigenvalue weighted by atomic mass is 10.4. The molecule has 0 N–H and O–H groups in total. The first-order chi connectivity index (χ1) is 2.81. The van der Waals surface area contributed by atoms with E-state index in [0.29, 0.717) is 5.57 Å². The predicted molar refractivity (Wildman–Crippen MR) is 28.8 cm³/mol. The summed E-state index contributed by atoms with van der Waals surface area (Å²) >= 11 is 3.70. The zero-order valence-electron chi connectivity index (χ0n) is 3.51. The van der Waals surface area contributed by atoms with Crippen LogP contribution in [0.5, 0.6) is 0 Å². The Morgan fingerprint density at radius 1 is 1.83 bits per heavy atom. The Kier molecular flexibility index (Phi) is 2.85. The molecule has 0 spiro atoms. The van der Waals surface area contributed by atoms with Crippen LogP contribution in [-0.4, -0.2) is 6.29 Å². The van der Waals surface area contributed by atoms with E-state index in [9.17, 15) is 4.79 Å². The molecular weight excluding hydrogens is 96.1 g/mol. The van der Waals surface area contributed by atoms with Crippen LogP contribution in [0.4, 0.5) is 0 Å².